The van der Waals surface area contributed by atoms with Crippen LogP contribution in [0.3, 0.4) is 0 Å². The molecule has 2 aliphatic heterocycles. The van der Waals surface area contributed by atoms with Crippen LogP contribution >= 0.6 is 11.6 Å². The van der Waals surface area contributed by atoms with Crippen LogP contribution in [0.5, 0.6) is 0 Å². The number of aromatic amines is 3. The van der Waals surface area contributed by atoms with E-state index in [1.165, 1.54) is 127 Å². The average Bonchev–Trinajstić information content (AvgIpc) is 4.43. The second-order valence-electron chi connectivity index (χ2n) is 23.5. The van der Waals surface area contributed by atoms with Crippen molar-refractivity contribution in [1.82, 2.24) is 60.5 Å². The zero-order valence-corrected chi connectivity index (χ0v) is 49.4. The van der Waals surface area contributed by atoms with Gasteiger partial charge in [-0.2, -0.15) is 30.2 Å². The Labute approximate surface area is 468 Å². The molecule has 6 aromatic heterocycles. The third-order valence-electron chi connectivity index (χ3n) is 14.0. The van der Waals surface area contributed by atoms with Crippen LogP contribution in [0.2, 0.25) is 44.6 Å². The van der Waals surface area contributed by atoms with Gasteiger partial charge >= 0.3 is 0 Å². The molecule has 410 valence electrons. The fraction of sp³-hybridized carbons (Fsp3) is 0.534. The first kappa shape index (κ1) is 56.0. The summed E-state index contributed by atoms with van der Waals surface area (Å²) in [5.74, 6) is 16.9. The lowest BCUT2D eigenvalue weighted by molar-refractivity contribution is 0.504. The predicted octanol–water partition coefficient (Wildman–Crippen LogP) is 12.9. The Morgan fingerprint density at radius 3 is 1.18 bits per heavy atom. The molecule has 2 saturated heterocycles. The van der Waals surface area contributed by atoms with Gasteiger partial charge < -0.3 is 25.8 Å². The van der Waals surface area contributed by atoms with Crippen molar-refractivity contribution in [2.45, 2.75) is 173 Å². The monoisotopic (exact) mass is 1100 g/mol. The third kappa shape index (κ3) is 17.4. The van der Waals surface area contributed by atoms with Gasteiger partial charge in [-0.25, -0.2) is 15.0 Å². The fourth-order valence-corrected chi connectivity index (χ4v) is 10.3. The van der Waals surface area contributed by atoms with Crippen molar-refractivity contribution >= 4 is 74.6 Å². The molecule has 0 aromatic carbocycles. The number of anilines is 8. The maximum absolute atomic E-state index is 5.91. The first-order valence-electron chi connectivity index (χ1n) is 28.5. The molecule has 0 unspecified atom stereocenters. The number of halogens is 1. The molecule has 20 heteroatoms. The first-order chi connectivity index (χ1) is 37.7. The molecule has 17 nitrogen and oxygen atoms in total. The molecule has 6 N–H and O–H groups in total. The van der Waals surface area contributed by atoms with E-state index in [4.69, 9.17) is 23.0 Å². The van der Waals surface area contributed by atoms with Crippen LogP contribution in [0.15, 0.2) is 36.8 Å². The van der Waals surface area contributed by atoms with Crippen LogP contribution in [0.25, 0.3) is 0 Å². The van der Waals surface area contributed by atoms with E-state index in [0.717, 1.165) is 78.2 Å². The Morgan fingerprint density at radius 1 is 0.487 bits per heavy atom. The van der Waals surface area contributed by atoms with Gasteiger partial charge in [-0.3, -0.25) is 15.3 Å². The number of aromatic nitrogens is 12. The minimum absolute atomic E-state index is 0.194. The molecule has 0 bridgehead atoms. The van der Waals surface area contributed by atoms with E-state index in [1.807, 2.05) is 18.3 Å². The predicted molar refractivity (Wildman–Crippen MR) is 321 cm³/mol. The molecule has 0 amide bonds. The van der Waals surface area contributed by atoms with Gasteiger partial charge in [-0.05, 0) is 88.7 Å². The van der Waals surface area contributed by atoms with Gasteiger partial charge in [0.25, 0.3) is 0 Å². The van der Waals surface area contributed by atoms with Crippen LogP contribution in [-0.4, -0.2) is 103 Å². The Balaban J connectivity index is 0.000000135. The highest BCUT2D eigenvalue weighted by Gasteiger charge is 2.28. The maximum Gasteiger partial charge on any atom is 0.227 e. The molecule has 12 rings (SSSR count). The molecule has 4 saturated carbocycles. The summed E-state index contributed by atoms with van der Waals surface area (Å²) >= 11 is 5.91. The summed E-state index contributed by atoms with van der Waals surface area (Å²) in [5.41, 5.74) is 12.5. The van der Waals surface area contributed by atoms with E-state index < -0.39 is 16.1 Å². The van der Waals surface area contributed by atoms with E-state index in [1.54, 1.807) is 12.4 Å². The summed E-state index contributed by atoms with van der Waals surface area (Å²) in [6.07, 6.45) is 34.6. The van der Waals surface area contributed by atoms with E-state index in [9.17, 15) is 0 Å². The summed E-state index contributed by atoms with van der Waals surface area (Å²) in [5, 5.41) is 32.3. The van der Waals surface area contributed by atoms with E-state index in [2.05, 4.69) is 155 Å². The second-order valence-corrected chi connectivity index (χ2v) is 33.3. The summed E-state index contributed by atoms with van der Waals surface area (Å²) in [6, 6.07) is 6.15. The summed E-state index contributed by atoms with van der Waals surface area (Å²) in [6.45, 7) is 17.4. The summed E-state index contributed by atoms with van der Waals surface area (Å²) in [7, 11) is -2.95. The van der Waals surface area contributed by atoms with Crippen molar-refractivity contribution in [3.8, 4) is 35.3 Å². The highest BCUT2D eigenvalue weighted by atomic mass is 35.5. The quantitative estimate of drug-likeness (QED) is 0.0406. The van der Waals surface area contributed by atoms with Crippen molar-refractivity contribution in [1.29, 1.82) is 0 Å². The molecule has 8 heterocycles. The van der Waals surface area contributed by atoms with Crippen molar-refractivity contribution in [2.75, 3.05) is 51.9 Å². The Morgan fingerprint density at radius 2 is 0.821 bits per heavy atom. The lowest BCUT2D eigenvalue weighted by atomic mass is 10.0. The number of hydrogen-bond acceptors (Lipinski definition) is 14. The fourth-order valence-electron chi connectivity index (χ4n) is 9.12. The van der Waals surface area contributed by atoms with Crippen LogP contribution in [-0.2, 0) is 0 Å². The Kier molecular flexibility index (Phi) is 18.9. The largest absolute Gasteiger partial charge is 0.341 e. The molecule has 6 fully saturated rings. The minimum atomic E-state index is -1.48. The van der Waals surface area contributed by atoms with E-state index in [0.29, 0.717) is 35.0 Å². The second kappa shape index (κ2) is 26.3. The van der Waals surface area contributed by atoms with Crippen molar-refractivity contribution in [2.24, 2.45) is 0 Å². The van der Waals surface area contributed by atoms with Gasteiger partial charge in [0.05, 0.1) is 29.1 Å². The standard InChI is InChI=1S/C20H28N6Si.C17H20N6.C15H18ClN5Si.C6H12/c1-27(2,3)12-9-16-14-21-20(26-10-5-4-6-11-26)23-19(16)22-18-13-17(24-25-18)15-7-8-15;1-2-12-11-18-17(23-8-4-3-5-9-23)20-16(12)19-15-10-14(21-22-15)13-6-7-13;1-22(2,3)7-6-11-9-17-15(16)19-14(11)18-13-8-12(20-21-13)10-4-5-10;1-2-4-6-5-3-1/h13-15H,4-8,10-11H2,1-3H3,(H2,21,22,23,24,25);1,10-11,13H,3-9H2,(H2,18,19,20,21,22);8-10H,4-5H2,1-3H3,(H2,17,18,19,20,21);1-6H2. The van der Waals surface area contributed by atoms with Crippen molar-refractivity contribution in [3.63, 3.8) is 0 Å². The molecule has 6 aliphatic rings. The molecule has 6 aromatic rings. The summed E-state index contributed by atoms with van der Waals surface area (Å²) in [4.78, 5) is 31.2. The molecular weight excluding hydrogens is 1030 g/mol. The number of H-pyrrole nitrogens is 3. The molecule has 78 heavy (non-hydrogen) atoms. The first-order valence-corrected chi connectivity index (χ1v) is 35.9. The van der Waals surface area contributed by atoms with E-state index in [-0.39, 0.29) is 5.28 Å². The van der Waals surface area contributed by atoms with Crippen LogP contribution in [0.4, 0.5) is 46.8 Å². The lowest BCUT2D eigenvalue weighted by Gasteiger charge is -2.26. The Bertz CT molecular complexity index is 3080. The molecule has 0 spiro atoms. The Hall–Kier alpha value is -6.73. The SMILES string of the molecule is C#Cc1cnc(N2CCCCC2)nc1Nc1cc(C2CC2)[nH]n1.C1CCCCC1.C[Si](C)(C)C#Cc1cnc(Cl)nc1Nc1cc(C2CC2)[nH]n1.C[Si](C)(C)C#Cc1cnc(N2CCCCC2)nc1Nc1cc(C2CC2)[nH]n1. The van der Waals surface area contributed by atoms with Gasteiger partial charge in [0.1, 0.15) is 16.1 Å². The maximum atomic E-state index is 5.91. The normalized spacial score (nSPS) is 17.2. The highest BCUT2D eigenvalue weighted by molar-refractivity contribution is 6.84. The zero-order valence-electron chi connectivity index (χ0n) is 46.6. The van der Waals surface area contributed by atoms with Gasteiger partial charge in [0.2, 0.25) is 17.2 Å². The number of piperidine rings is 2. The smallest absolute Gasteiger partial charge is 0.227 e. The van der Waals surface area contributed by atoms with Crippen molar-refractivity contribution in [3.05, 3.63) is 75.8 Å². The van der Waals surface area contributed by atoms with Gasteiger partial charge in [-0.1, -0.05) is 95.6 Å². The van der Waals surface area contributed by atoms with Gasteiger partial charge in [-0.15, -0.1) is 17.5 Å². The summed E-state index contributed by atoms with van der Waals surface area (Å²) < 4.78 is 0. The number of nitrogens with zero attached hydrogens (tertiary/aromatic N) is 11. The molecule has 0 radical (unpaired) electrons. The number of nitrogens with one attached hydrogen (secondary N) is 6. The van der Waals surface area contributed by atoms with Crippen LogP contribution in [0, 0.1) is 35.3 Å². The third-order valence-corrected chi connectivity index (χ3v) is 15.9. The highest BCUT2D eigenvalue weighted by Crippen LogP contribution is 2.41. The van der Waals surface area contributed by atoms with Gasteiger partial charge in [0.15, 0.2) is 34.9 Å². The number of rotatable bonds is 11. The number of hydrogen-bond donors (Lipinski definition) is 6. The average molecular weight is 1110 g/mol. The lowest BCUT2D eigenvalue weighted by Crippen LogP contribution is -2.31. The zero-order chi connectivity index (χ0) is 54.5. The minimum Gasteiger partial charge on any atom is -0.341 e. The van der Waals surface area contributed by atoms with E-state index >= 15 is 0 Å². The number of terminal acetylenes is 1. The molecule has 4 aliphatic carbocycles. The molecular formula is C58H78ClN17Si2. The van der Waals surface area contributed by atoms with Crippen LogP contribution < -0.4 is 25.8 Å². The van der Waals surface area contributed by atoms with Gasteiger partial charge in [0, 0.05) is 85.4 Å². The molecule has 0 atom stereocenters. The van der Waals surface area contributed by atoms with Crippen molar-refractivity contribution < 1.29 is 0 Å². The topological polar surface area (TPSA) is 206 Å². The van der Waals surface area contributed by atoms with Crippen LogP contribution in [0.1, 0.15) is 167 Å².